The number of nitrogen functional groups attached to an aromatic ring is 1. The Bertz CT molecular complexity index is 548. The maximum atomic E-state index is 12.3. The Hall–Kier alpha value is -1.11. The second-order valence-corrected chi connectivity index (χ2v) is 6.59. The second kappa shape index (κ2) is 4.53. The number of sulfonamides is 1. The smallest absolute Gasteiger partial charge is 0.241 e. The zero-order chi connectivity index (χ0) is 13.4. The molecule has 2 rings (SSSR count). The molecule has 1 aliphatic heterocycles. The van der Waals surface area contributed by atoms with Crippen LogP contribution in [0.4, 0.5) is 5.69 Å². The van der Waals surface area contributed by atoms with Crippen LogP contribution < -0.4 is 10.5 Å². The van der Waals surface area contributed by atoms with Gasteiger partial charge in [-0.2, -0.15) is 0 Å². The fourth-order valence-corrected chi connectivity index (χ4v) is 3.75. The van der Waals surface area contributed by atoms with Crippen molar-refractivity contribution in [3.63, 3.8) is 0 Å². The van der Waals surface area contributed by atoms with Crippen molar-refractivity contribution in [2.45, 2.75) is 30.7 Å². The van der Waals surface area contributed by atoms with Crippen molar-refractivity contribution in [2.24, 2.45) is 0 Å². The third-order valence-electron chi connectivity index (χ3n) is 3.22. The highest BCUT2D eigenvalue weighted by Crippen LogP contribution is 2.24. The summed E-state index contributed by atoms with van der Waals surface area (Å²) in [4.78, 5) is 0.232. The molecule has 1 atom stereocenters. The van der Waals surface area contributed by atoms with Gasteiger partial charge < -0.3 is 10.5 Å². The van der Waals surface area contributed by atoms with Crippen LogP contribution in [0.1, 0.15) is 18.9 Å². The molecule has 0 bridgehead atoms. The predicted octanol–water partition coefficient (Wildman–Crippen LogP) is 1.03. The van der Waals surface area contributed by atoms with Crippen molar-refractivity contribution < 1.29 is 13.2 Å². The van der Waals surface area contributed by atoms with Crippen LogP contribution in [0.3, 0.4) is 0 Å². The Morgan fingerprint density at radius 1 is 1.44 bits per heavy atom. The first kappa shape index (κ1) is 13.3. The van der Waals surface area contributed by atoms with E-state index in [-0.39, 0.29) is 4.90 Å². The number of rotatable bonds is 3. The van der Waals surface area contributed by atoms with Gasteiger partial charge in [-0.05, 0) is 38.0 Å². The van der Waals surface area contributed by atoms with Crippen molar-refractivity contribution in [3.05, 3.63) is 23.8 Å². The predicted molar refractivity (Wildman–Crippen MR) is 69.8 cm³/mol. The Morgan fingerprint density at radius 3 is 2.78 bits per heavy atom. The van der Waals surface area contributed by atoms with E-state index in [1.165, 1.54) is 0 Å². The molecule has 1 aromatic rings. The number of hydrogen-bond donors (Lipinski definition) is 2. The minimum atomic E-state index is -3.57. The van der Waals surface area contributed by atoms with E-state index in [0.29, 0.717) is 30.9 Å². The van der Waals surface area contributed by atoms with Gasteiger partial charge in [0.1, 0.15) is 0 Å². The van der Waals surface area contributed by atoms with Crippen LogP contribution in [-0.4, -0.2) is 27.2 Å². The van der Waals surface area contributed by atoms with E-state index in [1.807, 2.05) is 6.92 Å². The molecule has 0 saturated carbocycles. The van der Waals surface area contributed by atoms with E-state index in [4.69, 9.17) is 10.5 Å². The summed E-state index contributed by atoms with van der Waals surface area (Å²) in [5.74, 6) is 0. The van der Waals surface area contributed by atoms with Crippen LogP contribution >= 0.6 is 0 Å². The number of nitrogens with one attached hydrogen (secondary N) is 1. The van der Waals surface area contributed by atoms with Crippen LogP contribution in [0.25, 0.3) is 0 Å². The lowest BCUT2D eigenvalue weighted by atomic mass is 10.0. The van der Waals surface area contributed by atoms with Gasteiger partial charge in [-0.1, -0.05) is 6.07 Å². The van der Waals surface area contributed by atoms with Crippen molar-refractivity contribution in [1.29, 1.82) is 0 Å². The van der Waals surface area contributed by atoms with Crippen molar-refractivity contribution in [3.8, 4) is 0 Å². The number of anilines is 1. The Morgan fingerprint density at radius 2 is 2.17 bits per heavy atom. The summed E-state index contributed by atoms with van der Waals surface area (Å²) in [6, 6.07) is 4.90. The highest BCUT2D eigenvalue weighted by molar-refractivity contribution is 7.89. The molecule has 1 saturated heterocycles. The fourth-order valence-electron chi connectivity index (χ4n) is 2.05. The SMILES string of the molecule is Cc1c(N)cccc1S(=O)(=O)NC1(C)CCOC1. The van der Waals surface area contributed by atoms with E-state index in [1.54, 1.807) is 25.1 Å². The van der Waals surface area contributed by atoms with Crippen molar-refractivity contribution >= 4 is 15.7 Å². The van der Waals surface area contributed by atoms with E-state index in [0.717, 1.165) is 0 Å². The highest BCUT2D eigenvalue weighted by Gasteiger charge is 2.35. The largest absolute Gasteiger partial charge is 0.398 e. The lowest BCUT2D eigenvalue weighted by molar-refractivity contribution is 0.178. The van der Waals surface area contributed by atoms with Gasteiger partial charge in [0, 0.05) is 12.3 Å². The summed E-state index contributed by atoms with van der Waals surface area (Å²) in [6.45, 7) is 4.53. The van der Waals surface area contributed by atoms with Gasteiger partial charge in [-0.3, -0.25) is 0 Å². The van der Waals surface area contributed by atoms with Crippen LogP contribution in [0.15, 0.2) is 23.1 Å². The standard InChI is InChI=1S/C12H18N2O3S/c1-9-10(13)4-3-5-11(9)18(15,16)14-12(2)6-7-17-8-12/h3-5,14H,6-8,13H2,1-2H3. The number of ether oxygens (including phenoxy) is 1. The average Bonchev–Trinajstić information content (AvgIpc) is 2.67. The zero-order valence-electron chi connectivity index (χ0n) is 10.6. The summed E-state index contributed by atoms with van der Waals surface area (Å²) >= 11 is 0. The molecule has 1 aromatic carbocycles. The number of nitrogens with two attached hydrogens (primary N) is 1. The molecule has 0 aromatic heterocycles. The van der Waals surface area contributed by atoms with Gasteiger partial charge in [0.15, 0.2) is 0 Å². The zero-order valence-corrected chi connectivity index (χ0v) is 11.4. The van der Waals surface area contributed by atoms with Gasteiger partial charge in [-0.25, -0.2) is 13.1 Å². The van der Waals surface area contributed by atoms with Crippen LogP contribution in [-0.2, 0) is 14.8 Å². The highest BCUT2D eigenvalue weighted by atomic mass is 32.2. The molecule has 6 heteroatoms. The van der Waals surface area contributed by atoms with Gasteiger partial charge in [0.05, 0.1) is 17.0 Å². The number of hydrogen-bond acceptors (Lipinski definition) is 4. The fraction of sp³-hybridized carbons (Fsp3) is 0.500. The molecule has 1 aliphatic rings. The normalized spacial score (nSPS) is 24.3. The minimum absolute atomic E-state index is 0.232. The number of benzene rings is 1. The summed E-state index contributed by atoms with van der Waals surface area (Å²) in [5.41, 5.74) is 6.26. The summed E-state index contributed by atoms with van der Waals surface area (Å²) < 4.78 is 32.6. The molecule has 0 radical (unpaired) electrons. The lowest BCUT2D eigenvalue weighted by Crippen LogP contribution is -2.46. The lowest BCUT2D eigenvalue weighted by Gasteiger charge is -2.24. The quantitative estimate of drug-likeness (QED) is 0.804. The minimum Gasteiger partial charge on any atom is -0.398 e. The molecule has 5 nitrogen and oxygen atoms in total. The summed E-state index contributed by atoms with van der Waals surface area (Å²) in [5, 5.41) is 0. The van der Waals surface area contributed by atoms with Gasteiger partial charge in [-0.15, -0.1) is 0 Å². The molecule has 1 heterocycles. The first-order chi connectivity index (χ1) is 8.34. The Balaban J connectivity index is 2.34. The molecule has 1 unspecified atom stereocenters. The maximum Gasteiger partial charge on any atom is 0.241 e. The van der Waals surface area contributed by atoms with Gasteiger partial charge in [0.25, 0.3) is 0 Å². The maximum absolute atomic E-state index is 12.3. The van der Waals surface area contributed by atoms with Crippen LogP contribution in [0, 0.1) is 6.92 Å². The van der Waals surface area contributed by atoms with Crippen LogP contribution in [0.2, 0.25) is 0 Å². The molecule has 1 fully saturated rings. The molecule has 0 aliphatic carbocycles. The average molecular weight is 270 g/mol. The second-order valence-electron chi connectivity index (χ2n) is 4.94. The first-order valence-corrected chi connectivity index (χ1v) is 7.29. The monoisotopic (exact) mass is 270 g/mol. The van der Waals surface area contributed by atoms with E-state index >= 15 is 0 Å². The van der Waals surface area contributed by atoms with Crippen LogP contribution in [0.5, 0.6) is 0 Å². The van der Waals surface area contributed by atoms with Gasteiger partial charge in [0.2, 0.25) is 10.0 Å². The summed E-state index contributed by atoms with van der Waals surface area (Å²) in [7, 11) is -3.57. The first-order valence-electron chi connectivity index (χ1n) is 5.81. The molecular weight excluding hydrogens is 252 g/mol. The Kier molecular flexibility index (Phi) is 3.35. The molecule has 3 N–H and O–H groups in total. The Labute approximate surface area is 107 Å². The third-order valence-corrected chi connectivity index (χ3v) is 5.00. The molecule has 0 spiro atoms. The molecule has 0 amide bonds. The van der Waals surface area contributed by atoms with Gasteiger partial charge >= 0.3 is 0 Å². The molecule has 100 valence electrons. The van der Waals surface area contributed by atoms with E-state index in [9.17, 15) is 8.42 Å². The van der Waals surface area contributed by atoms with Crippen molar-refractivity contribution in [1.82, 2.24) is 4.72 Å². The molecule has 18 heavy (non-hydrogen) atoms. The van der Waals surface area contributed by atoms with Crippen molar-refractivity contribution in [2.75, 3.05) is 18.9 Å². The summed E-state index contributed by atoms with van der Waals surface area (Å²) in [6.07, 6.45) is 0.674. The van der Waals surface area contributed by atoms with E-state index < -0.39 is 15.6 Å². The topological polar surface area (TPSA) is 81.4 Å². The third kappa shape index (κ3) is 2.50. The molecular formula is C12H18N2O3S. The van der Waals surface area contributed by atoms with E-state index in [2.05, 4.69) is 4.72 Å².